The van der Waals surface area contributed by atoms with Gasteiger partial charge in [0, 0.05) is 65.0 Å². The van der Waals surface area contributed by atoms with Crippen molar-refractivity contribution in [1.82, 2.24) is 26.8 Å². The summed E-state index contributed by atoms with van der Waals surface area (Å²) in [7, 11) is 1.32. The zero-order chi connectivity index (χ0) is 57.7. The molecule has 2 fully saturated rings. The standard InChI is InChI=1S/C54H78N8O16/c1-9-52(6,49(72)57-21-28(3)64)26-53(7,25-51(4,5)48(71)58-22-36(65)60-56)50(73)59-23-37(66)62-61-35(24-63)54(74)19-31-40(34(20-54)77-29-17-27(2)47(32(55)18-29)78-38-15-10-11-16-76-38)46(70)42-41(44(31)68)43(67)30-13-12-14-33(75-8)39(30)45(42)69/h12-14,27-29,32,34,38,47,63-64,68,70,74H,9-11,15-26,55-56H2,1-8H3,(H,57,72)(H,58,71)(H,59,73)(H,60,65)(H,62,66)/b61-35+/t27-,28?,29-,32+,34+,38-,47-,52?,53?,54+/m1/s1. The highest BCUT2D eigenvalue weighted by atomic mass is 16.7. The molecular formula is C54H78N8O16. The number of hydrogen-bond donors (Lipinski definition) is 12. The second-order valence-corrected chi connectivity index (χ2v) is 22.5. The molecule has 5 amide bonds. The number of aromatic hydroxyl groups is 2. The van der Waals surface area contributed by atoms with E-state index in [1.165, 1.54) is 39.2 Å². The van der Waals surface area contributed by atoms with Gasteiger partial charge in [0.2, 0.25) is 23.5 Å². The van der Waals surface area contributed by atoms with Gasteiger partial charge in [0.05, 0.1) is 73.6 Å². The van der Waals surface area contributed by atoms with Crippen molar-refractivity contribution >= 4 is 46.8 Å². The van der Waals surface area contributed by atoms with Crippen LogP contribution in [0.2, 0.25) is 0 Å². The molecule has 6 rings (SSSR count). The summed E-state index contributed by atoms with van der Waals surface area (Å²) in [5.41, 5.74) is 2.50. The normalized spacial score (nSPS) is 25.2. The highest BCUT2D eigenvalue weighted by Crippen LogP contribution is 2.53. The van der Waals surface area contributed by atoms with Gasteiger partial charge in [0.15, 0.2) is 12.1 Å². The molecule has 2 aromatic carbocycles. The summed E-state index contributed by atoms with van der Waals surface area (Å²) >= 11 is 0. The number of benzene rings is 2. The average Bonchev–Trinajstić information content (AvgIpc) is 3.52. The van der Waals surface area contributed by atoms with E-state index in [-0.39, 0.29) is 66.1 Å². The minimum atomic E-state index is -2.29. The molecule has 1 saturated carbocycles. The van der Waals surface area contributed by atoms with Crippen LogP contribution >= 0.6 is 0 Å². The van der Waals surface area contributed by atoms with E-state index in [4.69, 9.17) is 30.5 Å². The van der Waals surface area contributed by atoms with Gasteiger partial charge < -0.3 is 66.2 Å². The fourth-order valence-corrected chi connectivity index (χ4v) is 11.6. The van der Waals surface area contributed by atoms with Crippen LogP contribution in [0.1, 0.15) is 155 Å². The van der Waals surface area contributed by atoms with Gasteiger partial charge >= 0.3 is 0 Å². The largest absolute Gasteiger partial charge is 0.507 e. The van der Waals surface area contributed by atoms with E-state index in [0.29, 0.717) is 19.4 Å². The number of nitrogens with zero attached hydrogens (tertiary/aromatic N) is 1. The summed E-state index contributed by atoms with van der Waals surface area (Å²) in [6.45, 7) is 9.72. The molecule has 2 aromatic rings. The molecule has 4 aliphatic rings. The number of phenols is 2. The molecule has 1 heterocycles. The fourth-order valence-electron chi connectivity index (χ4n) is 11.6. The molecule has 0 bridgehead atoms. The number of nitrogens with one attached hydrogen (secondary N) is 5. The van der Waals surface area contributed by atoms with Crippen molar-refractivity contribution in [3.8, 4) is 17.2 Å². The van der Waals surface area contributed by atoms with E-state index in [1.807, 2.05) is 12.3 Å². The van der Waals surface area contributed by atoms with Crippen LogP contribution in [-0.4, -0.2) is 149 Å². The molecule has 1 aliphatic heterocycles. The Morgan fingerprint density at radius 3 is 2.18 bits per heavy atom. The monoisotopic (exact) mass is 1090 g/mol. The number of hydrogen-bond acceptors (Lipinski definition) is 19. The number of aliphatic hydroxyl groups excluding tert-OH is 2. The lowest BCUT2D eigenvalue weighted by atomic mass is 9.64. The molecule has 3 aliphatic carbocycles. The summed E-state index contributed by atoms with van der Waals surface area (Å²) < 4.78 is 24.3. The van der Waals surface area contributed by atoms with Crippen LogP contribution in [0.4, 0.5) is 0 Å². The SMILES string of the molecule is CCC(C)(CC(C)(CC(C)(C)C(=O)NCC(=O)NN)C(=O)NCC(=O)N/N=C(\CO)[C@]1(O)Cc2c(O)c3c(c(O)c2[C@@H](O[C@@H]2C[C@@H](C)[C@@H](O[C@@H]4CCCCO4)[C@@H](N)C2)C1)C(=O)c1c(OC)cccc1C3=O)C(=O)NCC(C)O. The first kappa shape index (κ1) is 61.1. The van der Waals surface area contributed by atoms with Crippen molar-refractivity contribution in [2.75, 3.05) is 40.0 Å². The zero-order valence-electron chi connectivity index (χ0n) is 45.7. The van der Waals surface area contributed by atoms with Gasteiger partial charge in [-0.15, -0.1) is 0 Å². The van der Waals surface area contributed by atoms with Crippen molar-refractivity contribution in [2.24, 2.45) is 38.8 Å². The van der Waals surface area contributed by atoms with Gasteiger partial charge in [-0.2, -0.15) is 5.10 Å². The first-order valence-corrected chi connectivity index (χ1v) is 26.4. The van der Waals surface area contributed by atoms with Crippen LogP contribution in [0.25, 0.3) is 0 Å². The Labute approximate surface area is 453 Å². The first-order chi connectivity index (χ1) is 36.7. The van der Waals surface area contributed by atoms with Crippen molar-refractivity contribution in [3.05, 3.63) is 51.6 Å². The molecule has 10 atom stereocenters. The minimum absolute atomic E-state index is 0.0596. The lowest BCUT2D eigenvalue weighted by Crippen LogP contribution is -2.52. The molecule has 0 aromatic heterocycles. The number of rotatable bonds is 22. The van der Waals surface area contributed by atoms with Crippen LogP contribution in [0.3, 0.4) is 0 Å². The number of aliphatic hydroxyl groups is 3. The average molecular weight is 1100 g/mol. The Kier molecular flexibility index (Phi) is 19.5. The number of methoxy groups -OCH3 is 1. The van der Waals surface area contributed by atoms with E-state index in [2.05, 4.69) is 26.5 Å². The lowest BCUT2D eigenvalue weighted by Gasteiger charge is -2.44. The van der Waals surface area contributed by atoms with Gasteiger partial charge in [-0.3, -0.25) is 39.0 Å². The van der Waals surface area contributed by atoms with Gasteiger partial charge in [-0.05, 0) is 70.3 Å². The van der Waals surface area contributed by atoms with Crippen LogP contribution in [0.15, 0.2) is 23.3 Å². The van der Waals surface area contributed by atoms with E-state index in [0.717, 1.165) is 12.8 Å². The Hall–Kier alpha value is -6.12. The predicted molar refractivity (Wildman–Crippen MR) is 281 cm³/mol. The van der Waals surface area contributed by atoms with E-state index in [9.17, 15) is 59.1 Å². The Morgan fingerprint density at radius 2 is 1.56 bits per heavy atom. The minimum Gasteiger partial charge on any atom is -0.507 e. The van der Waals surface area contributed by atoms with Crippen molar-refractivity contribution in [1.29, 1.82) is 0 Å². The van der Waals surface area contributed by atoms with Gasteiger partial charge in [-0.1, -0.05) is 53.7 Å². The number of phenolic OH excluding ortho intramolecular Hbond substituents is 2. The maximum Gasteiger partial charge on any atom is 0.259 e. The Bertz CT molecular complexity index is 2640. The number of ketones is 2. The second-order valence-electron chi connectivity index (χ2n) is 22.5. The molecule has 3 unspecified atom stereocenters. The molecule has 430 valence electrons. The second kappa shape index (κ2) is 24.9. The third kappa shape index (κ3) is 13.1. The van der Waals surface area contributed by atoms with Crippen molar-refractivity contribution < 1.29 is 78.0 Å². The van der Waals surface area contributed by atoms with E-state index in [1.54, 1.807) is 27.7 Å². The summed E-state index contributed by atoms with van der Waals surface area (Å²) in [6, 6.07) is 3.79. The van der Waals surface area contributed by atoms with Crippen LogP contribution in [0.5, 0.6) is 17.2 Å². The molecule has 24 heteroatoms. The molecule has 24 nitrogen and oxygen atoms in total. The summed E-state index contributed by atoms with van der Waals surface area (Å²) in [5, 5.41) is 69.7. The number of hydrazone groups is 1. The number of ether oxygens (including phenoxy) is 4. The Morgan fingerprint density at radius 1 is 0.897 bits per heavy atom. The molecular weight excluding hydrogens is 1020 g/mol. The Balaban J connectivity index is 1.29. The van der Waals surface area contributed by atoms with Gasteiger partial charge in [0.1, 0.15) is 22.8 Å². The lowest BCUT2D eigenvalue weighted by molar-refractivity contribution is -0.214. The maximum absolute atomic E-state index is 14.4. The molecule has 1 saturated heterocycles. The van der Waals surface area contributed by atoms with Crippen molar-refractivity contribution in [2.45, 2.75) is 155 Å². The van der Waals surface area contributed by atoms with E-state index >= 15 is 0 Å². The van der Waals surface area contributed by atoms with Crippen molar-refractivity contribution in [3.63, 3.8) is 0 Å². The number of carbonyl (C=O) groups is 7. The van der Waals surface area contributed by atoms with Crippen LogP contribution < -0.4 is 43.1 Å². The fraction of sp³-hybridized carbons (Fsp3) is 0.630. The highest BCUT2D eigenvalue weighted by Gasteiger charge is 2.51. The quantitative estimate of drug-likeness (QED) is 0.0220. The molecule has 78 heavy (non-hydrogen) atoms. The van der Waals surface area contributed by atoms with Crippen LogP contribution in [0, 0.1) is 22.2 Å². The summed E-state index contributed by atoms with van der Waals surface area (Å²) in [6.07, 6.45) is -1.74. The number of amides is 5. The highest BCUT2D eigenvalue weighted by molar-refractivity contribution is 6.31. The first-order valence-electron chi connectivity index (χ1n) is 26.4. The topological polar surface area (TPSA) is 382 Å². The molecule has 0 spiro atoms. The zero-order valence-corrected chi connectivity index (χ0v) is 45.7. The number of carbonyl (C=O) groups excluding carboxylic acids is 7. The summed E-state index contributed by atoms with van der Waals surface area (Å²) in [4.78, 5) is 95.5. The maximum atomic E-state index is 14.4. The third-order valence-electron chi connectivity index (χ3n) is 15.7. The van der Waals surface area contributed by atoms with E-state index < -0.39 is 161 Å². The molecule has 0 radical (unpaired) electrons. The van der Waals surface area contributed by atoms with Crippen LogP contribution in [-0.2, 0) is 44.6 Å². The summed E-state index contributed by atoms with van der Waals surface area (Å²) in [5.74, 6) is -1.44. The smallest absolute Gasteiger partial charge is 0.259 e. The number of nitrogens with two attached hydrogens (primary N) is 2. The molecule has 14 N–H and O–H groups in total. The number of fused-ring (bicyclic) bond motifs is 3. The predicted octanol–water partition coefficient (Wildman–Crippen LogP) is 1.07. The third-order valence-corrected chi connectivity index (χ3v) is 15.7. The van der Waals surface area contributed by atoms with Gasteiger partial charge in [-0.25, -0.2) is 11.3 Å². The van der Waals surface area contributed by atoms with Gasteiger partial charge in [0.25, 0.3) is 11.8 Å². The number of hydrazine groups is 1.